The first kappa shape index (κ1) is 16.6. The van der Waals surface area contributed by atoms with Crippen LogP contribution in [0.15, 0.2) is 30.5 Å². The van der Waals surface area contributed by atoms with E-state index < -0.39 is 6.04 Å². The van der Waals surface area contributed by atoms with Crippen LogP contribution in [0.25, 0.3) is 10.9 Å². The largest absolute Gasteiger partial charge is 0.361 e. The number of hydrogen-bond acceptors (Lipinski definition) is 3. The zero-order chi connectivity index (χ0) is 17.4. The summed E-state index contributed by atoms with van der Waals surface area (Å²) >= 11 is 0. The quantitative estimate of drug-likeness (QED) is 0.798. The normalized spacial score (nSPS) is 28.0. The molecule has 2 aromatic rings. The Morgan fingerprint density at radius 1 is 1.32 bits per heavy atom. The summed E-state index contributed by atoms with van der Waals surface area (Å²) in [6.45, 7) is 0. The number of fused-ring (bicyclic) bond motifs is 3. The Morgan fingerprint density at radius 2 is 2.04 bits per heavy atom. The van der Waals surface area contributed by atoms with Crippen molar-refractivity contribution in [3.63, 3.8) is 0 Å². The van der Waals surface area contributed by atoms with Gasteiger partial charge in [0, 0.05) is 35.2 Å². The fourth-order valence-corrected chi connectivity index (χ4v) is 4.67. The molecule has 0 aliphatic carbocycles. The number of piperidine rings is 2. The highest BCUT2D eigenvalue weighted by Gasteiger charge is 2.36. The number of rotatable bonds is 4. The molecule has 25 heavy (non-hydrogen) atoms. The third-order valence-corrected chi connectivity index (χ3v) is 6.14. The minimum absolute atomic E-state index is 0.0158. The van der Waals surface area contributed by atoms with Crippen molar-refractivity contribution in [2.75, 3.05) is 7.05 Å². The monoisotopic (exact) mass is 340 g/mol. The molecule has 4 rings (SSSR count). The van der Waals surface area contributed by atoms with Gasteiger partial charge in [-0.2, -0.15) is 0 Å². The first-order valence-corrected chi connectivity index (χ1v) is 9.44. The van der Waals surface area contributed by atoms with E-state index in [-0.39, 0.29) is 11.9 Å². The Labute approximate surface area is 149 Å². The molecule has 2 unspecified atom stereocenters. The molecular formula is C20H28N4O. The average molecular weight is 340 g/mol. The van der Waals surface area contributed by atoms with E-state index in [1.807, 2.05) is 24.4 Å². The smallest absolute Gasteiger partial charge is 0.237 e. The van der Waals surface area contributed by atoms with Gasteiger partial charge in [-0.15, -0.1) is 0 Å². The van der Waals surface area contributed by atoms with Crippen LogP contribution in [0, 0.1) is 0 Å². The summed E-state index contributed by atoms with van der Waals surface area (Å²) in [7, 11) is 2.23. The molecule has 5 nitrogen and oxygen atoms in total. The minimum atomic E-state index is -0.501. The SMILES string of the molecule is CN1C2CCCC1CC(NC(=O)[C@@H](N)Cc1c[nH]c3ccccc13)C2. The second kappa shape index (κ2) is 6.81. The van der Waals surface area contributed by atoms with Gasteiger partial charge in [-0.05, 0) is 50.8 Å². The van der Waals surface area contributed by atoms with Crippen molar-refractivity contribution in [1.29, 1.82) is 0 Å². The van der Waals surface area contributed by atoms with Crippen molar-refractivity contribution in [2.24, 2.45) is 5.73 Å². The van der Waals surface area contributed by atoms with Gasteiger partial charge in [0.2, 0.25) is 5.91 Å². The number of H-pyrrole nitrogens is 1. The van der Waals surface area contributed by atoms with Crippen LogP contribution in [0.3, 0.4) is 0 Å². The van der Waals surface area contributed by atoms with Crippen molar-refractivity contribution in [3.05, 3.63) is 36.0 Å². The third kappa shape index (κ3) is 3.31. The summed E-state index contributed by atoms with van der Waals surface area (Å²) in [6, 6.07) is 9.14. The molecule has 1 aromatic heterocycles. The van der Waals surface area contributed by atoms with Crippen LogP contribution in [-0.2, 0) is 11.2 Å². The maximum absolute atomic E-state index is 12.6. The van der Waals surface area contributed by atoms with Gasteiger partial charge in [-0.25, -0.2) is 0 Å². The molecule has 4 N–H and O–H groups in total. The maximum atomic E-state index is 12.6. The number of amides is 1. The summed E-state index contributed by atoms with van der Waals surface area (Å²) in [5.41, 5.74) is 8.42. The Bertz CT molecular complexity index is 741. The van der Waals surface area contributed by atoms with Gasteiger partial charge >= 0.3 is 0 Å². The van der Waals surface area contributed by atoms with Crippen LogP contribution in [-0.4, -0.2) is 47.0 Å². The number of benzene rings is 1. The molecule has 2 bridgehead atoms. The van der Waals surface area contributed by atoms with Crippen molar-refractivity contribution in [3.8, 4) is 0 Å². The number of aromatic amines is 1. The molecule has 1 amide bonds. The number of carbonyl (C=O) groups excluding carboxylic acids is 1. The molecule has 1 aromatic carbocycles. The van der Waals surface area contributed by atoms with Gasteiger partial charge in [0.05, 0.1) is 6.04 Å². The minimum Gasteiger partial charge on any atom is -0.361 e. The Morgan fingerprint density at radius 3 is 2.80 bits per heavy atom. The first-order valence-electron chi connectivity index (χ1n) is 9.44. The van der Waals surface area contributed by atoms with E-state index in [1.54, 1.807) is 0 Å². The van der Waals surface area contributed by atoms with Crippen LogP contribution >= 0.6 is 0 Å². The topological polar surface area (TPSA) is 74.2 Å². The highest BCUT2D eigenvalue weighted by atomic mass is 16.2. The molecule has 2 saturated heterocycles. The average Bonchev–Trinajstić information content (AvgIpc) is 2.99. The lowest BCUT2D eigenvalue weighted by Gasteiger charge is -2.47. The number of nitrogens with zero attached hydrogens (tertiary/aromatic N) is 1. The lowest BCUT2D eigenvalue weighted by molar-refractivity contribution is -0.123. The van der Waals surface area contributed by atoms with E-state index in [0.717, 1.165) is 29.3 Å². The molecule has 0 radical (unpaired) electrons. The maximum Gasteiger partial charge on any atom is 0.237 e. The van der Waals surface area contributed by atoms with Gasteiger partial charge in [-0.3, -0.25) is 4.79 Å². The summed E-state index contributed by atoms with van der Waals surface area (Å²) in [5.74, 6) is -0.0158. The van der Waals surface area contributed by atoms with Crippen molar-refractivity contribution < 1.29 is 4.79 Å². The molecular weight excluding hydrogens is 312 g/mol. The van der Waals surface area contributed by atoms with E-state index in [2.05, 4.69) is 28.3 Å². The van der Waals surface area contributed by atoms with Crippen LogP contribution in [0.2, 0.25) is 0 Å². The fourth-order valence-electron chi connectivity index (χ4n) is 4.67. The number of hydrogen-bond donors (Lipinski definition) is 3. The van der Waals surface area contributed by atoms with Gasteiger partial charge in [0.25, 0.3) is 0 Å². The van der Waals surface area contributed by atoms with E-state index >= 15 is 0 Å². The number of nitrogens with one attached hydrogen (secondary N) is 2. The second-order valence-electron chi connectivity index (χ2n) is 7.75. The van der Waals surface area contributed by atoms with E-state index in [1.165, 1.54) is 19.3 Å². The molecule has 2 fully saturated rings. The lowest BCUT2D eigenvalue weighted by atomic mass is 9.82. The van der Waals surface area contributed by atoms with E-state index in [9.17, 15) is 4.79 Å². The molecule has 2 aliphatic rings. The molecule has 2 aliphatic heterocycles. The Hall–Kier alpha value is -1.85. The van der Waals surface area contributed by atoms with Crippen molar-refractivity contribution in [1.82, 2.24) is 15.2 Å². The van der Waals surface area contributed by atoms with Crippen LogP contribution in [0.1, 0.15) is 37.7 Å². The number of carbonyl (C=O) groups is 1. The van der Waals surface area contributed by atoms with Gasteiger partial charge in [0.1, 0.15) is 0 Å². The summed E-state index contributed by atoms with van der Waals surface area (Å²) in [4.78, 5) is 18.4. The number of aromatic nitrogens is 1. The van der Waals surface area contributed by atoms with Gasteiger partial charge < -0.3 is 20.9 Å². The fraction of sp³-hybridized carbons (Fsp3) is 0.550. The predicted molar refractivity (Wildman–Crippen MR) is 100 cm³/mol. The second-order valence-corrected chi connectivity index (χ2v) is 7.75. The zero-order valence-electron chi connectivity index (χ0n) is 14.9. The van der Waals surface area contributed by atoms with Crippen LogP contribution in [0.4, 0.5) is 0 Å². The molecule has 0 saturated carbocycles. The predicted octanol–water partition coefficient (Wildman–Crippen LogP) is 2.17. The number of nitrogens with two attached hydrogens (primary N) is 1. The van der Waals surface area contributed by atoms with Crippen molar-refractivity contribution >= 4 is 16.8 Å². The Balaban J connectivity index is 1.38. The molecule has 0 spiro atoms. The number of para-hydroxylation sites is 1. The highest BCUT2D eigenvalue weighted by Crippen LogP contribution is 2.32. The Kier molecular flexibility index (Phi) is 4.52. The molecule has 3 heterocycles. The van der Waals surface area contributed by atoms with E-state index in [0.29, 0.717) is 18.5 Å². The van der Waals surface area contributed by atoms with Crippen LogP contribution < -0.4 is 11.1 Å². The summed E-state index contributed by atoms with van der Waals surface area (Å²) in [6.07, 6.45) is 8.46. The van der Waals surface area contributed by atoms with Gasteiger partial charge in [0.15, 0.2) is 0 Å². The third-order valence-electron chi connectivity index (χ3n) is 6.14. The molecule has 134 valence electrons. The van der Waals surface area contributed by atoms with E-state index in [4.69, 9.17) is 5.73 Å². The molecule has 5 heteroatoms. The molecule has 3 atom stereocenters. The lowest BCUT2D eigenvalue weighted by Crippen LogP contribution is -2.57. The first-order chi connectivity index (χ1) is 12.1. The highest BCUT2D eigenvalue weighted by molar-refractivity contribution is 5.86. The zero-order valence-corrected chi connectivity index (χ0v) is 14.9. The summed E-state index contributed by atoms with van der Waals surface area (Å²) < 4.78 is 0. The van der Waals surface area contributed by atoms with Crippen molar-refractivity contribution in [2.45, 2.75) is 62.7 Å². The standard InChI is InChI=1S/C20H28N4O/c1-24-15-5-4-6-16(24)11-14(10-15)23-20(25)18(21)9-13-12-22-19-8-3-2-7-17(13)19/h2-3,7-8,12,14-16,18,22H,4-6,9-11,21H2,1H3,(H,23,25)/t14?,15?,16?,18-/m0/s1. The van der Waals surface area contributed by atoms with Crippen LogP contribution in [0.5, 0.6) is 0 Å². The van der Waals surface area contributed by atoms with Gasteiger partial charge in [-0.1, -0.05) is 24.6 Å². The summed E-state index contributed by atoms with van der Waals surface area (Å²) in [5, 5.41) is 4.38.